The molecule has 2 aliphatic rings. The summed E-state index contributed by atoms with van der Waals surface area (Å²) in [5.41, 5.74) is 3.38. The summed E-state index contributed by atoms with van der Waals surface area (Å²) >= 11 is 0. The van der Waals surface area contributed by atoms with Crippen molar-refractivity contribution in [1.29, 1.82) is 0 Å². The topological polar surface area (TPSA) is 82.1 Å². The van der Waals surface area contributed by atoms with Gasteiger partial charge in [-0.2, -0.15) is 0 Å². The molecule has 2 N–H and O–H groups in total. The SMILES string of the molecule is CC(C)(C)OC(=O)N1CCC2(CC1)CCN(c1ccccc1/C=C/C(=O)NO)C2. The standard InChI is InChI=1S/C22H31N3O4/c1-21(2,3)29-20(27)24-13-10-22(11-14-24)12-15-25(16-22)18-7-5-4-6-17(18)8-9-19(26)23-28/h4-9,28H,10-16H2,1-3H3,(H,23,26)/b9-8+. The van der Waals surface area contributed by atoms with Crippen molar-refractivity contribution in [1.82, 2.24) is 10.4 Å². The van der Waals surface area contributed by atoms with Gasteiger partial charge in [-0.3, -0.25) is 10.0 Å². The van der Waals surface area contributed by atoms with E-state index in [4.69, 9.17) is 9.94 Å². The summed E-state index contributed by atoms with van der Waals surface area (Å²) in [4.78, 5) is 27.8. The molecule has 1 spiro atoms. The molecule has 0 aromatic heterocycles. The number of nitrogens with zero attached hydrogens (tertiary/aromatic N) is 2. The van der Waals surface area contributed by atoms with Crippen LogP contribution >= 0.6 is 0 Å². The lowest BCUT2D eigenvalue weighted by Crippen LogP contribution is -2.46. The first kappa shape index (κ1) is 21.2. The van der Waals surface area contributed by atoms with Gasteiger partial charge in [-0.05, 0) is 63.2 Å². The predicted molar refractivity (Wildman–Crippen MR) is 112 cm³/mol. The maximum absolute atomic E-state index is 12.3. The third-order valence-corrected chi connectivity index (χ3v) is 5.72. The normalized spacial score (nSPS) is 19.0. The molecule has 0 saturated carbocycles. The maximum Gasteiger partial charge on any atom is 0.410 e. The predicted octanol–water partition coefficient (Wildman–Crippen LogP) is 3.43. The Morgan fingerprint density at radius 1 is 1.14 bits per heavy atom. The maximum atomic E-state index is 12.3. The third-order valence-electron chi connectivity index (χ3n) is 5.72. The fourth-order valence-electron chi connectivity index (χ4n) is 4.16. The number of anilines is 1. The fraction of sp³-hybridized carbons (Fsp3) is 0.545. The molecule has 158 valence electrons. The van der Waals surface area contributed by atoms with Gasteiger partial charge in [-0.1, -0.05) is 18.2 Å². The van der Waals surface area contributed by atoms with Crippen molar-refractivity contribution in [3.05, 3.63) is 35.9 Å². The smallest absolute Gasteiger partial charge is 0.410 e. The van der Waals surface area contributed by atoms with Gasteiger partial charge in [0.1, 0.15) is 5.60 Å². The molecule has 0 atom stereocenters. The quantitative estimate of drug-likeness (QED) is 0.461. The molecule has 2 amide bonds. The number of hydrogen-bond donors (Lipinski definition) is 2. The highest BCUT2D eigenvalue weighted by molar-refractivity contribution is 5.91. The van der Waals surface area contributed by atoms with Gasteiger partial charge >= 0.3 is 6.09 Å². The number of carbonyl (C=O) groups is 2. The van der Waals surface area contributed by atoms with Crippen molar-refractivity contribution in [2.24, 2.45) is 5.41 Å². The zero-order chi connectivity index (χ0) is 21.1. The monoisotopic (exact) mass is 401 g/mol. The van der Waals surface area contributed by atoms with Crippen molar-refractivity contribution in [3.63, 3.8) is 0 Å². The van der Waals surface area contributed by atoms with Crippen molar-refractivity contribution in [2.75, 3.05) is 31.1 Å². The van der Waals surface area contributed by atoms with Crippen LogP contribution in [0.1, 0.15) is 45.6 Å². The molecular formula is C22H31N3O4. The van der Waals surface area contributed by atoms with Gasteiger partial charge in [0.25, 0.3) is 5.91 Å². The van der Waals surface area contributed by atoms with Crippen LogP contribution in [0.5, 0.6) is 0 Å². The van der Waals surface area contributed by atoms with Crippen LogP contribution in [0.15, 0.2) is 30.3 Å². The first-order valence-electron chi connectivity index (χ1n) is 10.2. The number of piperidine rings is 1. The lowest BCUT2D eigenvalue weighted by molar-refractivity contribution is -0.124. The van der Waals surface area contributed by atoms with E-state index in [-0.39, 0.29) is 11.5 Å². The Balaban J connectivity index is 1.64. The van der Waals surface area contributed by atoms with E-state index in [1.807, 2.05) is 43.9 Å². The molecule has 2 fully saturated rings. The Morgan fingerprint density at radius 3 is 2.45 bits per heavy atom. The van der Waals surface area contributed by atoms with E-state index < -0.39 is 11.5 Å². The molecule has 2 heterocycles. The fourth-order valence-corrected chi connectivity index (χ4v) is 4.16. The molecular weight excluding hydrogens is 370 g/mol. The van der Waals surface area contributed by atoms with Crippen molar-refractivity contribution < 1.29 is 19.5 Å². The number of ether oxygens (including phenoxy) is 1. The number of amides is 2. The number of likely N-dealkylation sites (tertiary alicyclic amines) is 1. The Kier molecular flexibility index (Phi) is 6.17. The highest BCUT2D eigenvalue weighted by Crippen LogP contribution is 2.42. The number of benzene rings is 1. The van der Waals surface area contributed by atoms with Crippen LogP contribution in [-0.2, 0) is 9.53 Å². The number of nitrogens with one attached hydrogen (secondary N) is 1. The molecule has 2 aliphatic heterocycles. The van der Waals surface area contributed by atoms with Crippen LogP contribution in [0, 0.1) is 5.41 Å². The van der Waals surface area contributed by atoms with E-state index >= 15 is 0 Å². The van der Waals surface area contributed by atoms with Crippen LogP contribution in [0.3, 0.4) is 0 Å². The highest BCUT2D eigenvalue weighted by atomic mass is 16.6. The minimum Gasteiger partial charge on any atom is -0.444 e. The van der Waals surface area contributed by atoms with E-state index in [1.54, 1.807) is 11.6 Å². The number of hydrogen-bond acceptors (Lipinski definition) is 5. The Labute approximate surface area is 172 Å². The minimum atomic E-state index is -0.549. The average molecular weight is 402 g/mol. The number of rotatable bonds is 3. The van der Waals surface area contributed by atoms with Crippen molar-refractivity contribution in [2.45, 2.75) is 45.6 Å². The molecule has 29 heavy (non-hydrogen) atoms. The van der Waals surface area contributed by atoms with E-state index in [0.717, 1.165) is 56.7 Å². The molecule has 0 bridgehead atoms. The first-order valence-corrected chi connectivity index (χ1v) is 10.2. The van der Waals surface area contributed by atoms with Gasteiger partial charge in [0.05, 0.1) is 0 Å². The number of carbonyl (C=O) groups excluding carboxylic acids is 2. The van der Waals surface area contributed by atoms with Gasteiger partial charge in [0.15, 0.2) is 0 Å². The molecule has 1 aromatic rings. The summed E-state index contributed by atoms with van der Waals surface area (Å²) in [6.07, 6.45) is 5.84. The summed E-state index contributed by atoms with van der Waals surface area (Å²) in [7, 11) is 0. The second-order valence-corrected chi connectivity index (χ2v) is 9.01. The van der Waals surface area contributed by atoms with E-state index in [9.17, 15) is 9.59 Å². The van der Waals surface area contributed by atoms with E-state index in [2.05, 4.69) is 11.0 Å². The lowest BCUT2D eigenvalue weighted by atomic mass is 9.78. The molecule has 7 heteroatoms. The summed E-state index contributed by atoms with van der Waals surface area (Å²) in [5.74, 6) is -0.549. The van der Waals surface area contributed by atoms with Crippen LogP contribution < -0.4 is 10.4 Å². The lowest BCUT2D eigenvalue weighted by Gasteiger charge is -2.39. The molecule has 0 aliphatic carbocycles. The minimum absolute atomic E-state index is 0.206. The largest absolute Gasteiger partial charge is 0.444 e. The van der Waals surface area contributed by atoms with Crippen molar-refractivity contribution >= 4 is 23.8 Å². The summed E-state index contributed by atoms with van der Waals surface area (Å²) < 4.78 is 5.51. The molecule has 0 unspecified atom stereocenters. The van der Waals surface area contributed by atoms with Gasteiger partial charge in [0.2, 0.25) is 0 Å². The molecule has 3 rings (SSSR count). The molecule has 1 aromatic carbocycles. The molecule has 7 nitrogen and oxygen atoms in total. The second-order valence-electron chi connectivity index (χ2n) is 9.01. The van der Waals surface area contributed by atoms with Gasteiger partial charge in [-0.15, -0.1) is 0 Å². The zero-order valence-corrected chi connectivity index (χ0v) is 17.5. The second kappa shape index (κ2) is 8.45. The van der Waals surface area contributed by atoms with E-state index in [1.165, 1.54) is 6.08 Å². The van der Waals surface area contributed by atoms with Gasteiger partial charge in [-0.25, -0.2) is 10.3 Å². The molecule has 2 saturated heterocycles. The average Bonchev–Trinajstić information content (AvgIpc) is 3.08. The van der Waals surface area contributed by atoms with Crippen LogP contribution in [0.25, 0.3) is 6.08 Å². The Hall–Kier alpha value is -2.54. The van der Waals surface area contributed by atoms with Crippen LogP contribution in [0.2, 0.25) is 0 Å². The van der Waals surface area contributed by atoms with Crippen LogP contribution in [0.4, 0.5) is 10.5 Å². The van der Waals surface area contributed by atoms with Crippen molar-refractivity contribution in [3.8, 4) is 0 Å². The van der Waals surface area contributed by atoms with Gasteiger partial charge in [0, 0.05) is 37.9 Å². The van der Waals surface area contributed by atoms with Crippen LogP contribution in [-0.4, -0.2) is 53.9 Å². The summed E-state index contributed by atoms with van der Waals surface area (Å²) in [6.45, 7) is 9.00. The summed E-state index contributed by atoms with van der Waals surface area (Å²) in [5, 5.41) is 8.68. The summed E-state index contributed by atoms with van der Waals surface area (Å²) in [6, 6.07) is 7.96. The highest BCUT2D eigenvalue weighted by Gasteiger charge is 2.42. The van der Waals surface area contributed by atoms with Gasteiger partial charge < -0.3 is 14.5 Å². The number of hydroxylamine groups is 1. The van der Waals surface area contributed by atoms with E-state index in [0.29, 0.717) is 0 Å². The Bertz CT molecular complexity index is 777. The number of para-hydroxylation sites is 1. The zero-order valence-electron chi connectivity index (χ0n) is 17.5. The Morgan fingerprint density at radius 2 is 1.79 bits per heavy atom. The molecule has 0 radical (unpaired) electrons. The first-order chi connectivity index (χ1) is 13.7. The third kappa shape index (κ3) is 5.29.